The molecule has 0 atom stereocenters. The molecule has 1 saturated carbocycles. The highest BCUT2D eigenvalue weighted by Crippen LogP contribution is 2.27. The fourth-order valence-electron chi connectivity index (χ4n) is 2.32. The smallest absolute Gasteiger partial charge is 0.323 e. The lowest BCUT2D eigenvalue weighted by atomic mass is 9.83. The zero-order valence-electron chi connectivity index (χ0n) is 11.0. The van der Waals surface area contributed by atoms with Crippen LogP contribution >= 0.6 is 0 Å². The number of amides is 2. The molecule has 3 N–H and O–H groups in total. The fourth-order valence-corrected chi connectivity index (χ4v) is 2.32. The molecule has 7 heteroatoms. The summed E-state index contributed by atoms with van der Waals surface area (Å²) < 4.78 is 0. The van der Waals surface area contributed by atoms with E-state index >= 15 is 0 Å². The summed E-state index contributed by atoms with van der Waals surface area (Å²) in [6.07, 6.45) is 4.79. The van der Waals surface area contributed by atoms with Crippen LogP contribution < -0.4 is 5.32 Å². The number of carbonyl (C=O) groups is 3. The van der Waals surface area contributed by atoms with Gasteiger partial charge in [0.15, 0.2) is 0 Å². The number of aliphatic carboxylic acids is 2. The maximum atomic E-state index is 12.0. The van der Waals surface area contributed by atoms with Crippen molar-refractivity contribution >= 4 is 18.0 Å². The molecule has 0 bridgehead atoms. The van der Waals surface area contributed by atoms with E-state index in [9.17, 15) is 14.4 Å². The zero-order chi connectivity index (χ0) is 14.5. The Hall–Kier alpha value is -1.79. The maximum Gasteiger partial charge on any atom is 0.323 e. The van der Waals surface area contributed by atoms with Crippen molar-refractivity contribution in [2.45, 2.75) is 44.6 Å². The van der Waals surface area contributed by atoms with E-state index in [1.807, 2.05) is 6.92 Å². The lowest BCUT2D eigenvalue weighted by Gasteiger charge is -2.36. The van der Waals surface area contributed by atoms with E-state index in [4.69, 9.17) is 10.2 Å². The number of rotatable bonds is 5. The third-order valence-corrected chi connectivity index (χ3v) is 3.31. The van der Waals surface area contributed by atoms with Crippen molar-refractivity contribution in [2.75, 3.05) is 13.1 Å². The van der Waals surface area contributed by atoms with Gasteiger partial charge in [0.2, 0.25) is 0 Å². The molecule has 1 fully saturated rings. The van der Waals surface area contributed by atoms with Crippen molar-refractivity contribution in [1.82, 2.24) is 10.2 Å². The monoisotopic (exact) mass is 272 g/mol. The lowest BCUT2D eigenvalue weighted by Crippen LogP contribution is -2.54. The molecule has 2 amide bonds. The van der Waals surface area contributed by atoms with Gasteiger partial charge in [-0.15, -0.1) is 0 Å². The minimum atomic E-state index is -1.23. The summed E-state index contributed by atoms with van der Waals surface area (Å²) in [7, 11) is 0. The van der Waals surface area contributed by atoms with Crippen LogP contribution in [0.25, 0.3) is 0 Å². The van der Waals surface area contributed by atoms with Crippen molar-refractivity contribution in [3.8, 4) is 0 Å². The second-order valence-corrected chi connectivity index (χ2v) is 5.20. The Balaban J connectivity index is 2.64. The number of hydrogen-bond donors (Lipinski definition) is 3. The molecule has 0 radical (unpaired) electrons. The Bertz CT molecular complexity index is 347. The summed E-state index contributed by atoms with van der Waals surface area (Å²) in [6.45, 7) is 0.673. The molecule has 1 rings (SSSR count). The zero-order valence-corrected chi connectivity index (χ0v) is 11.0. The molecule has 1 aliphatic rings. The largest absolute Gasteiger partial charge is 0.480 e. The molecule has 0 aromatic carbocycles. The third-order valence-electron chi connectivity index (χ3n) is 3.31. The summed E-state index contributed by atoms with van der Waals surface area (Å²) in [6, 6.07) is -0.630. The Kier molecular flexibility index (Phi) is 5.14. The average Bonchev–Trinajstić information content (AvgIpc) is 2.27. The summed E-state index contributed by atoms with van der Waals surface area (Å²) in [5, 5.41) is 20.2. The number of carboxylic acids is 2. The molecule has 0 aliphatic heterocycles. The van der Waals surface area contributed by atoms with Gasteiger partial charge in [-0.2, -0.15) is 0 Å². The van der Waals surface area contributed by atoms with Gasteiger partial charge in [0.25, 0.3) is 0 Å². The number of nitrogens with zero attached hydrogens (tertiary/aromatic N) is 1. The van der Waals surface area contributed by atoms with Gasteiger partial charge in [-0.1, -0.05) is 19.3 Å². The Morgan fingerprint density at radius 2 is 1.53 bits per heavy atom. The van der Waals surface area contributed by atoms with Crippen LogP contribution in [-0.2, 0) is 9.59 Å². The normalized spacial score (nSPS) is 17.5. The molecule has 7 nitrogen and oxygen atoms in total. The first-order valence-corrected chi connectivity index (χ1v) is 6.33. The van der Waals surface area contributed by atoms with Gasteiger partial charge >= 0.3 is 18.0 Å². The fraction of sp³-hybridized carbons (Fsp3) is 0.750. The van der Waals surface area contributed by atoms with Crippen LogP contribution in [0.2, 0.25) is 0 Å². The summed E-state index contributed by atoms with van der Waals surface area (Å²) in [4.78, 5) is 34.1. The highest BCUT2D eigenvalue weighted by atomic mass is 16.4. The number of carboxylic acid groups (broad SMARTS) is 2. The van der Waals surface area contributed by atoms with Crippen LogP contribution in [0.4, 0.5) is 4.79 Å². The van der Waals surface area contributed by atoms with Crippen LogP contribution in [0, 0.1) is 0 Å². The van der Waals surface area contributed by atoms with E-state index in [1.165, 1.54) is 0 Å². The van der Waals surface area contributed by atoms with Crippen molar-refractivity contribution in [3.63, 3.8) is 0 Å². The number of urea groups is 1. The second-order valence-electron chi connectivity index (χ2n) is 5.20. The summed E-state index contributed by atoms with van der Waals surface area (Å²) >= 11 is 0. The molecule has 0 aromatic heterocycles. The van der Waals surface area contributed by atoms with Crippen molar-refractivity contribution in [1.29, 1.82) is 0 Å². The first kappa shape index (κ1) is 15.3. The first-order chi connectivity index (χ1) is 8.82. The minimum Gasteiger partial charge on any atom is -0.480 e. The van der Waals surface area contributed by atoms with E-state index in [2.05, 4.69) is 5.32 Å². The molecule has 0 unspecified atom stereocenters. The van der Waals surface area contributed by atoms with Crippen LogP contribution in [0.15, 0.2) is 0 Å². The number of nitrogens with one attached hydrogen (secondary N) is 1. The quantitative estimate of drug-likeness (QED) is 0.689. The van der Waals surface area contributed by atoms with Gasteiger partial charge in [0.05, 0.1) is 0 Å². The predicted molar refractivity (Wildman–Crippen MR) is 66.9 cm³/mol. The van der Waals surface area contributed by atoms with Crippen LogP contribution in [-0.4, -0.2) is 51.7 Å². The first-order valence-electron chi connectivity index (χ1n) is 6.33. The van der Waals surface area contributed by atoms with Gasteiger partial charge in [-0.3, -0.25) is 9.59 Å². The summed E-state index contributed by atoms with van der Waals surface area (Å²) in [5.74, 6) is -2.46. The van der Waals surface area contributed by atoms with Crippen molar-refractivity contribution < 1.29 is 24.6 Å². The molecular weight excluding hydrogens is 252 g/mol. The Morgan fingerprint density at radius 3 is 1.95 bits per heavy atom. The van der Waals surface area contributed by atoms with E-state index in [0.717, 1.165) is 37.0 Å². The molecule has 19 heavy (non-hydrogen) atoms. The summed E-state index contributed by atoms with van der Waals surface area (Å²) in [5.41, 5.74) is -0.370. The van der Waals surface area contributed by atoms with Crippen LogP contribution in [0.5, 0.6) is 0 Å². The number of carbonyl (C=O) groups excluding carboxylic acids is 1. The van der Waals surface area contributed by atoms with Gasteiger partial charge in [0.1, 0.15) is 13.1 Å². The predicted octanol–water partition coefficient (Wildman–Crippen LogP) is 0.890. The number of hydrogen-bond acceptors (Lipinski definition) is 3. The van der Waals surface area contributed by atoms with E-state index in [0.29, 0.717) is 0 Å². The Labute approximate surface area is 111 Å². The van der Waals surface area contributed by atoms with Crippen LogP contribution in [0.3, 0.4) is 0 Å². The molecule has 0 spiro atoms. The van der Waals surface area contributed by atoms with Crippen LogP contribution in [0.1, 0.15) is 39.0 Å². The molecular formula is C12H20N2O5. The minimum absolute atomic E-state index is 0.370. The molecule has 0 aromatic rings. The molecule has 1 aliphatic carbocycles. The Morgan fingerprint density at radius 1 is 1.05 bits per heavy atom. The van der Waals surface area contributed by atoms with Crippen molar-refractivity contribution in [3.05, 3.63) is 0 Å². The topological polar surface area (TPSA) is 107 Å². The SMILES string of the molecule is CC1(NC(=O)N(CC(=O)O)CC(=O)O)CCCCC1. The standard InChI is InChI=1S/C12H20N2O5/c1-12(5-3-2-4-6-12)13-11(19)14(7-9(15)16)8-10(17)18/h2-8H2,1H3,(H,13,19)(H,15,16)(H,17,18). The maximum absolute atomic E-state index is 12.0. The van der Waals surface area contributed by atoms with E-state index in [-0.39, 0.29) is 5.54 Å². The van der Waals surface area contributed by atoms with E-state index < -0.39 is 31.1 Å². The van der Waals surface area contributed by atoms with Crippen molar-refractivity contribution in [2.24, 2.45) is 0 Å². The molecule has 0 saturated heterocycles. The third kappa shape index (κ3) is 5.15. The van der Waals surface area contributed by atoms with Gasteiger partial charge in [-0.25, -0.2) is 4.79 Å². The lowest BCUT2D eigenvalue weighted by molar-refractivity contribution is -0.140. The van der Waals surface area contributed by atoms with E-state index in [1.54, 1.807) is 0 Å². The molecule has 0 heterocycles. The van der Waals surface area contributed by atoms with Gasteiger partial charge in [0, 0.05) is 5.54 Å². The molecule has 108 valence electrons. The van der Waals surface area contributed by atoms with Gasteiger partial charge in [-0.05, 0) is 19.8 Å². The highest BCUT2D eigenvalue weighted by Gasteiger charge is 2.31. The van der Waals surface area contributed by atoms with Gasteiger partial charge < -0.3 is 20.4 Å². The average molecular weight is 272 g/mol. The highest BCUT2D eigenvalue weighted by molar-refractivity contribution is 5.84. The second kappa shape index (κ2) is 6.40.